The van der Waals surface area contributed by atoms with E-state index in [0.717, 1.165) is 0 Å². The second kappa shape index (κ2) is 10.1. The van der Waals surface area contributed by atoms with Crippen molar-refractivity contribution in [1.29, 1.82) is 0 Å². The molecule has 0 spiro atoms. The summed E-state index contributed by atoms with van der Waals surface area (Å²) in [5.41, 5.74) is 5.91. The molecule has 1 aromatic rings. The molecule has 4 amide bonds. The molecule has 2 heterocycles. The van der Waals surface area contributed by atoms with E-state index in [-0.39, 0.29) is 48.4 Å². The first-order chi connectivity index (χ1) is 15.2. The number of carbonyl (C=O) groups excluding carboxylic acids is 4. The van der Waals surface area contributed by atoms with Crippen LogP contribution in [-0.2, 0) is 19.2 Å². The van der Waals surface area contributed by atoms with E-state index in [0.29, 0.717) is 38.0 Å². The topological polar surface area (TPSA) is 113 Å². The number of rotatable bonds is 7. The van der Waals surface area contributed by atoms with E-state index in [2.05, 4.69) is 5.32 Å². The fourth-order valence-electron chi connectivity index (χ4n) is 4.34. The van der Waals surface area contributed by atoms with Crippen LogP contribution in [0.25, 0.3) is 0 Å². The molecule has 174 valence electrons. The van der Waals surface area contributed by atoms with Gasteiger partial charge >= 0.3 is 0 Å². The normalized spacial score (nSPS) is 20.5. The van der Waals surface area contributed by atoms with Crippen LogP contribution in [0.1, 0.15) is 39.5 Å². The molecule has 0 aromatic heterocycles. The fraction of sp³-hybridized carbons (Fsp3) is 0.565. The second-order valence-electron chi connectivity index (χ2n) is 9.07. The van der Waals surface area contributed by atoms with E-state index in [4.69, 9.17) is 5.73 Å². The van der Waals surface area contributed by atoms with E-state index in [1.807, 2.05) is 13.8 Å². The first kappa shape index (κ1) is 23.7. The van der Waals surface area contributed by atoms with Crippen molar-refractivity contribution in [2.24, 2.45) is 23.5 Å². The van der Waals surface area contributed by atoms with E-state index in [1.165, 1.54) is 29.2 Å². The zero-order valence-electron chi connectivity index (χ0n) is 18.6. The van der Waals surface area contributed by atoms with Crippen molar-refractivity contribution in [1.82, 2.24) is 10.2 Å². The summed E-state index contributed by atoms with van der Waals surface area (Å²) in [7, 11) is 0. The molecule has 2 aliphatic heterocycles. The number of carbonyl (C=O) groups is 4. The van der Waals surface area contributed by atoms with Gasteiger partial charge in [0.25, 0.3) is 0 Å². The van der Waals surface area contributed by atoms with Gasteiger partial charge in [0.15, 0.2) is 0 Å². The molecule has 3 rings (SSSR count). The third-order valence-corrected chi connectivity index (χ3v) is 6.16. The number of nitrogens with two attached hydrogens (primary N) is 1. The molecule has 0 saturated carbocycles. The molecule has 3 N–H and O–H groups in total. The van der Waals surface area contributed by atoms with Crippen LogP contribution in [-0.4, -0.2) is 54.2 Å². The Balaban J connectivity index is 1.63. The van der Waals surface area contributed by atoms with Crippen LogP contribution >= 0.6 is 0 Å². The standard InChI is InChI=1S/C23H31FN4O4/c1-14(2)11-19(23(32)27-9-7-15(8-10-27)21(25)30)26-22(31)16-12-20(29)28(13-16)18-5-3-17(24)4-6-18/h3-6,14-16,19H,7-13H2,1-2H3,(H2,25,30)(H,26,31)/t16-,19-/m0/s1. The van der Waals surface area contributed by atoms with Crippen molar-refractivity contribution in [2.75, 3.05) is 24.5 Å². The molecule has 2 saturated heterocycles. The lowest BCUT2D eigenvalue weighted by molar-refractivity contribution is -0.140. The Morgan fingerprint density at radius 3 is 2.31 bits per heavy atom. The summed E-state index contributed by atoms with van der Waals surface area (Å²) in [4.78, 5) is 53.1. The van der Waals surface area contributed by atoms with Gasteiger partial charge in [-0.25, -0.2) is 4.39 Å². The lowest BCUT2D eigenvalue weighted by Gasteiger charge is -2.34. The number of benzene rings is 1. The average molecular weight is 447 g/mol. The number of amides is 4. The SMILES string of the molecule is CC(C)C[C@H](NC(=O)[C@H]1CC(=O)N(c2ccc(F)cc2)C1)C(=O)N1CCC(C(N)=O)CC1. The van der Waals surface area contributed by atoms with Gasteiger partial charge in [-0.3, -0.25) is 19.2 Å². The fourth-order valence-corrected chi connectivity index (χ4v) is 4.34. The molecular weight excluding hydrogens is 415 g/mol. The third kappa shape index (κ3) is 5.63. The Kier molecular flexibility index (Phi) is 7.48. The van der Waals surface area contributed by atoms with Crippen LogP contribution in [0.4, 0.5) is 10.1 Å². The van der Waals surface area contributed by atoms with E-state index in [9.17, 15) is 23.6 Å². The highest BCUT2D eigenvalue weighted by atomic mass is 19.1. The predicted octanol–water partition coefficient (Wildman–Crippen LogP) is 1.43. The molecule has 8 nitrogen and oxygen atoms in total. The quantitative estimate of drug-likeness (QED) is 0.660. The van der Waals surface area contributed by atoms with Crippen molar-refractivity contribution in [3.8, 4) is 0 Å². The molecule has 0 unspecified atom stereocenters. The highest BCUT2D eigenvalue weighted by Crippen LogP contribution is 2.26. The molecule has 2 atom stereocenters. The molecule has 9 heteroatoms. The number of primary amides is 1. The predicted molar refractivity (Wildman–Crippen MR) is 117 cm³/mol. The van der Waals surface area contributed by atoms with Gasteiger partial charge in [0, 0.05) is 37.7 Å². The minimum absolute atomic E-state index is 0.0375. The molecule has 2 fully saturated rings. The Bertz CT molecular complexity index is 865. The van der Waals surface area contributed by atoms with Crippen molar-refractivity contribution >= 4 is 29.3 Å². The van der Waals surface area contributed by atoms with Crippen molar-refractivity contribution in [3.63, 3.8) is 0 Å². The average Bonchev–Trinajstić information content (AvgIpc) is 3.14. The van der Waals surface area contributed by atoms with Crippen molar-refractivity contribution in [2.45, 2.75) is 45.6 Å². The van der Waals surface area contributed by atoms with E-state index in [1.54, 1.807) is 4.90 Å². The van der Waals surface area contributed by atoms with E-state index >= 15 is 0 Å². The third-order valence-electron chi connectivity index (χ3n) is 6.16. The smallest absolute Gasteiger partial charge is 0.245 e. The maximum absolute atomic E-state index is 13.2. The molecule has 2 aliphatic rings. The van der Waals surface area contributed by atoms with Gasteiger partial charge in [0.2, 0.25) is 23.6 Å². The summed E-state index contributed by atoms with van der Waals surface area (Å²) in [5, 5.41) is 2.86. The zero-order valence-corrected chi connectivity index (χ0v) is 18.6. The first-order valence-electron chi connectivity index (χ1n) is 11.1. The summed E-state index contributed by atoms with van der Waals surface area (Å²) in [5.74, 6) is -2.10. The van der Waals surface area contributed by atoms with Gasteiger partial charge in [-0.2, -0.15) is 0 Å². The summed E-state index contributed by atoms with van der Waals surface area (Å²) < 4.78 is 13.2. The van der Waals surface area contributed by atoms with Crippen molar-refractivity contribution in [3.05, 3.63) is 30.1 Å². The summed E-state index contributed by atoms with van der Waals surface area (Å²) in [6.07, 6.45) is 1.55. The Labute approximate surface area is 187 Å². The molecule has 0 aliphatic carbocycles. The number of anilines is 1. The summed E-state index contributed by atoms with van der Waals surface area (Å²) in [6.45, 7) is 4.99. The number of hydrogen-bond acceptors (Lipinski definition) is 4. The number of nitrogens with zero attached hydrogens (tertiary/aromatic N) is 2. The van der Waals surface area contributed by atoms with E-state index < -0.39 is 17.8 Å². The van der Waals surface area contributed by atoms with Crippen LogP contribution in [0.2, 0.25) is 0 Å². The Morgan fingerprint density at radius 2 is 1.75 bits per heavy atom. The Morgan fingerprint density at radius 1 is 1.12 bits per heavy atom. The molecule has 1 aromatic carbocycles. The number of likely N-dealkylation sites (tertiary alicyclic amines) is 1. The summed E-state index contributed by atoms with van der Waals surface area (Å²) in [6, 6.07) is 4.87. The largest absolute Gasteiger partial charge is 0.369 e. The van der Waals surface area contributed by atoms with Crippen LogP contribution in [0.3, 0.4) is 0 Å². The second-order valence-corrected chi connectivity index (χ2v) is 9.07. The maximum atomic E-state index is 13.2. The highest BCUT2D eigenvalue weighted by Gasteiger charge is 2.38. The van der Waals surface area contributed by atoms with Gasteiger partial charge in [0.05, 0.1) is 5.92 Å². The molecule has 0 bridgehead atoms. The molecule has 32 heavy (non-hydrogen) atoms. The maximum Gasteiger partial charge on any atom is 0.245 e. The lowest BCUT2D eigenvalue weighted by Crippen LogP contribution is -2.53. The highest BCUT2D eigenvalue weighted by molar-refractivity contribution is 6.01. The first-order valence-corrected chi connectivity index (χ1v) is 11.1. The lowest BCUT2D eigenvalue weighted by atomic mass is 9.94. The number of nitrogens with one attached hydrogen (secondary N) is 1. The minimum Gasteiger partial charge on any atom is -0.369 e. The zero-order chi connectivity index (χ0) is 23.4. The van der Waals surface area contributed by atoms with Gasteiger partial charge < -0.3 is 20.9 Å². The van der Waals surface area contributed by atoms with Gasteiger partial charge in [-0.15, -0.1) is 0 Å². The van der Waals surface area contributed by atoms with Gasteiger partial charge in [0.1, 0.15) is 11.9 Å². The monoisotopic (exact) mass is 446 g/mol. The number of piperidine rings is 1. The van der Waals surface area contributed by atoms with Crippen LogP contribution in [0.15, 0.2) is 24.3 Å². The van der Waals surface area contributed by atoms with Crippen LogP contribution in [0, 0.1) is 23.6 Å². The summed E-state index contributed by atoms with van der Waals surface area (Å²) >= 11 is 0. The van der Waals surface area contributed by atoms with Gasteiger partial charge in [-0.05, 0) is 49.4 Å². The molecule has 0 radical (unpaired) electrons. The van der Waals surface area contributed by atoms with Crippen LogP contribution < -0.4 is 16.0 Å². The van der Waals surface area contributed by atoms with Crippen LogP contribution in [0.5, 0.6) is 0 Å². The Hall–Kier alpha value is -2.97. The molecular formula is C23H31FN4O4. The minimum atomic E-state index is -0.692. The number of hydrogen-bond donors (Lipinski definition) is 2. The van der Waals surface area contributed by atoms with Gasteiger partial charge in [-0.1, -0.05) is 13.8 Å². The van der Waals surface area contributed by atoms with Crippen molar-refractivity contribution < 1.29 is 23.6 Å². The number of halogens is 1.